The van der Waals surface area contributed by atoms with Crippen molar-refractivity contribution in [1.82, 2.24) is 9.97 Å². The van der Waals surface area contributed by atoms with Crippen molar-refractivity contribution in [3.05, 3.63) is 28.0 Å². The standard InChI is InChI=1S/C14H21N5S/c1-4-16-12-8-13(19-14(15)18-12)17-9(2)7-11-6-5-10(3)20-11/h5-6,8-9H,4,7H2,1-3H3,(H4,15,16,17,18,19). The molecule has 0 aromatic carbocycles. The number of nitrogens with zero attached hydrogens (tertiary/aromatic N) is 2. The van der Waals surface area contributed by atoms with Gasteiger partial charge in [-0.2, -0.15) is 9.97 Å². The van der Waals surface area contributed by atoms with Crippen LogP contribution in [0.1, 0.15) is 23.6 Å². The predicted molar refractivity (Wildman–Crippen MR) is 86.5 cm³/mol. The SMILES string of the molecule is CCNc1cc(NC(C)Cc2ccc(C)s2)nc(N)n1. The summed E-state index contributed by atoms with van der Waals surface area (Å²) in [4.78, 5) is 11.1. The van der Waals surface area contributed by atoms with Gasteiger partial charge < -0.3 is 16.4 Å². The lowest BCUT2D eigenvalue weighted by atomic mass is 10.2. The third-order valence-corrected chi connectivity index (χ3v) is 3.82. The van der Waals surface area contributed by atoms with Crippen molar-refractivity contribution in [2.75, 3.05) is 22.9 Å². The molecule has 2 aromatic heterocycles. The van der Waals surface area contributed by atoms with Gasteiger partial charge in [0.05, 0.1) is 0 Å². The highest BCUT2D eigenvalue weighted by Gasteiger charge is 2.08. The Morgan fingerprint density at radius 2 is 2.05 bits per heavy atom. The van der Waals surface area contributed by atoms with Crippen LogP contribution in [0.25, 0.3) is 0 Å². The molecule has 0 aliphatic rings. The Kier molecular flexibility index (Phi) is 4.79. The number of nitrogens with two attached hydrogens (primary N) is 1. The molecule has 0 bridgehead atoms. The van der Waals surface area contributed by atoms with Crippen LogP contribution in [0.15, 0.2) is 18.2 Å². The van der Waals surface area contributed by atoms with Crippen molar-refractivity contribution >= 4 is 28.9 Å². The van der Waals surface area contributed by atoms with Crippen LogP contribution in [-0.4, -0.2) is 22.6 Å². The fourth-order valence-electron chi connectivity index (χ4n) is 2.01. The highest BCUT2D eigenvalue weighted by Crippen LogP contribution is 2.19. The molecular weight excluding hydrogens is 270 g/mol. The number of thiophene rings is 1. The predicted octanol–water partition coefficient (Wildman–Crippen LogP) is 2.90. The summed E-state index contributed by atoms with van der Waals surface area (Å²) in [7, 11) is 0. The molecule has 0 aliphatic heterocycles. The molecule has 2 heterocycles. The fraction of sp³-hybridized carbons (Fsp3) is 0.429. The van der Waals surface area contributed by atoms with Gasteiger partial charge in [0, 0.05) is 34.8 Å². The molecule has 1 unspecified atom stereocenters. The summed E-state index contributed by atoms with van der Waals surface area (Å²) in [5.41, 5.74) is 5.72. The molecule has 0 saturated carbocycles. The molecule has 4 N–H and O–H groups in total. The minimum absolute atomic E-state index is 0.283. The third kappa shape index (κ3) is 4.09. The third-order valence-electron chi connectivity index (χ3n) is 2.80. The van der Waals surface area contributed by atoms with Crippen LogP contribution in [0, 0.1) is 6.92 Å². The van der Waals surface area contributed by atoms with Gasteiger partial charge in [0.2, 0.25) is 5.95 Å². The highest BCUT2D eigenvalue weighted by atomic mass is 32.1. The van der Waals surface area contributed by atoms with Gasteiger partial charge in [0.25, 0.3) is 0 Å². The molecule has 0 aliphatic carbocycles. The van der Waals surface area contributed by atoms with Gasteiger partial charge in [-0.25, -0.2) is 0 Å². The largest absolute Gasteiger partial charge is 0.370 e. The number of nitrogen functional groups attached to an aromatic ring is 1. The molecule has 0 saturated heterocycles. The Labute approximate surface area is 123 Å². The molecule has 6 heteroatoms. The minimum atomic E-state index is 0.283. The normalized spacial score (nSPS) is 12.2. The second-order valence-electron chi connectivity index (χ2n) is 4.79. The lowest BCUT2D eigenvalue weighted by molar-refractivity contribution is 0.794. The van der Waals surface area contributed by atoms with Crippen LogP contribution < -0.4 is 16.4 Å². The van der Waals surface area contributed by atoms with E-state index in [1.54, 1.807) is 0 Å². The summed E-state index contributed by atoms with van der Waals surface area (Å²) in [5, 5.41) is 6.52. The zero-order valence-electron chi connectivity index (χ0n) is 12.1. The van der Waals surface area contributed by atoms with Gasteiger partial charge in [-0.15, -0.1) is 11.3 Å². The van der Waals surface area contributed by atoms with E-state index in [1.165, 1.54) is 9.75 Å². The average Bonchev–Trinajstić information content (AvgIpc) is 2.74. The Morgan fingerprint density at radius 1 is 1.30 bits per heavy atom. The van der Waals surface area contributed by atoms with E-state index >= 15 is 0 Å². The first-order valence-electron chi connectivity index (χ1n) is 6.77. The van der Waals surface area contributed by atoms with E-state index < -0.39 is 0 Å². The molecule has 108 valence electrons. The van der Waals surface area contributed by atoms with E-state index in [1.807, 2.05) is 24.3 Å². The van der Waals surface area contributed by atoms with E-state index in [9.17, 15) is 0 Å². The molecule has 1 atom stereocenters. The number of anilines is 3. The van der Waals surface area contributed by atoms with Crippen molar-refractivity contribution in [1.29, 1.82) is 0 Å². The Morgan fingerprint density at radius 3 is 2.70 bits per heavy atom. The second-order valence-corrected chi connectivity index (χ2v) is 6.16. The van der Waals surface area contributed by atoms with Crippen LogP contribution in [0.5, 0.6) is 0 Å². The smallest absolute Gasteiger partial charge is 0.223 e. The fourth-order valence-corrected chi connectivity index (χ4v) is 3.03. The summed E-state index contributed by atoms with van der Waals surface area (Å²) in [6, 6.07) is 6.50. The number of rotatable bonds is 6. The number of hydrogen-bond donors (Lipinski definition) is 3. The minimum Gasteiger partial charge on any atom is -0.370 e. The van der Waals surface area contributed by atoms with Gasteiger partial charge in [0.15, 0.2) is 0 Å². The maximum atomic E-state index is 5.72. The molecular formula is C14H21N5S. The van der Waals surface area contributed by atoms with Gasteiger partial charge in [-0.05, 0) is 32.9 Å². The van der Waals surface area contributed by atoms with Crippen LogP contribution in [-0.2, 0) is 6.42 Å². The maximum Gasteiger partial charge on any atom is 0.223 e. The second kappa shape index (κ2) is 6.56. The Bertz CT molecular complexity index is 566. The summed E-state index contributed by atoms with van der Waals surface area (Å²) < 4.78 is 0. The van der Waals surface area contributed by atoms with Gasteiger partial charge in [-0.1, -0.05) is 0 Å². The van der Waals surface area contributed by atoms with Crippen LogP contribution in [0.2, 0.25) is 0 Å². The van der Waals surface area contributed by atoms with Crippen LogP contribution in [0.3, 0.4) is 0 Å². The summed E-state index contributed by atoms with van der Waals surface area (Å²) >= 11 is 1.83. The summed E-state index contributed by atoms with van der Waals surface area (Å²) in [6.45, 7) is 7.09. The average molecular weight is 291 g/mol. The summed E-state index contributed by atoms with van der Waals surface area (Å²) in [5.74, 6) is 1.79. The molecule has 2 rings (SSSR count). The number of hydrogen-bond acceptors (Lipinski definition) is 6. The maximum absolute atomic E-state index is 5.72. The van der Waals surface area contributed by atoms with E-state index in [4.69, 9.17) is 5.73 Å². The molecule has 2 aromatic rings. The van der Waals surface area contributed by atoms with Crippen molar-refractivity contribution in [2.24, 2.45) is 0 Å². The highest BCUT2D eigenvalue weighted by molar-refractivity contribution is 7.11. The van der Waals surface area contributed by atoms with Crippen molar-refractivity contribution in [3.8, 4) is 0 Å². The lowest BCUT2D eigenvalue weighted by Gasteiger charge is -2.14. The molecule has 0 spiro atoms. The molecule has 20 heavy (non-hydrogen) atoms. The van der Waals surface area contributed by atoms with E-state index in [2.05, 4.69) is 46.6 Å². The number of aryl methyl sites for hydroxylation is 1. The van der Waals surface area contributed by atoms with Gasteiger partial charge in [0.1, 0.15) is 11.6 Å². The van der Waals surface area contributed by atoms with Crippen molar-refractivity contribution < 1.29 is 0 Å². The molecule has 0 amide bonds. The lowest BCUT2D eigenvalue weighted by Crippen LogP contribution is -2.19. The first-order chi connectivity index (χ1) is 9.56. The molecule has 5 nitrogen and oxygen atoms in total. The van der Waals surface area contributed by atoms with Gasteiger partial charge in [-0.3, -0.25) is 0 Å². The van der Waals surface area contributed by atoms with Crippen LogP contribution in [0.4, 0.5) is 17.6 Å². The first-order valence-corrected chi connectivity index (χ1v) is 7.58. The molecule has 0 fully saturated rings. The number of aromatic nitrogens is 2. The monoisotopic (exact) mass is 291 g/mol. The Hall–Kier alpha value is -1.82. The zero-order valence-corrected chi connectivity index (χ0v) is 12.9. The first kappa shape index (κ1) is 14.6. The van der Waals surface area contributed by atoms with Crippen molar-refractivity contribution in [3.63, 3.8) is 0 Å². The number of nitrogens with one attached hydrogen (secondary N) is 2. The van der Waals surface area contributed by atoms with E-state index in [0.29, 0.717) is 0 Å². The van der Waals surface area contributed by atoms with E-state index in [-0.39, 0.29) is 12.0 Å². The van der Waals surface area contributed by atoms with Gasteiger partial charge >= 0.3 is 0 Å². The Balaban J connectivity index is 2.01. The zero-order chi connectivity index (χ0) is 14.5. The van der Waals surface area contributed by atoms with Crippen molar-refractivity contribution in [2.45, 2.75) is 33.2 Å². The topological polar surface area (TPSA) is 75.9 Å². The van der Waals surface area contributed by atoms with E-state index in [0.717, 1.165) is 24.6 Å². The summed E-state index contributed by atoms with van der Waals surface area (Å²) in [6.07, 6.45) is 0.971. The van der Waals surface area contributed by atoms with Crippen LogP contribution >= 0.6 is 11.3 Å². The quantitative estimate of drug-likeness (QED) is 0.763. The molecule has 0 radical (unpaired) electrons.